The number of carbonyl (C=O) groups excluding carboxylic acids is 1. The molecule has 0 aliphatic heterocycles. The lowest BCUT2D eigenvalue weighted by Crippen LogP contribution is -2.06. The number of rotatable bonds is 10. The van der Waals surface area contributed by atoms with Crippen molar-refractivity contribution in [1.29, 1.82) is 0 Å². The van der Waals surface area contributed by atoms with Crippen LogP contribution in [0.25, 0.3) is 0 Å². The van der Waals surface area contributed by atoms with Crippen LogP contribution in [0.5, 0.6) is 5.75 Å². The minimum Gasteiger partial charge on any atom is -0.423 e. The molecule has 0 heterocycles. The van der Waals surface area contributed by atoms with Crippen LogP contribution in [0.4, 0.5) is 0 Å². The van der Waals surface area contributed by atoms with Gasteiger partial charge in [-0.3, -0.25) is 0 Å². The summed E-state index contributed by atoms with van der Waals surface area (Å²) in [6.07, 6.45) is 11.2. The van der Waals surface area contributed by atoms with E-state index in [0.717, 1.165) is 18.4 Å². The van der Waals surface area contributed by atoms with Crippen LogP contribution < -0.4 is 4.74 Å². The first kappa shape index (κ1) is 17.5. The molecule has 0 aromatic heterocycles. The SMILES string of the molecule is C=CC(=O)Oc1cccc(C)c1CCCCCCCCC. The summed E-state index contributed by atoms with van der Waals surface area (Å²) in [5, 5.41) is 0. The molecule has 0 radical (unpaired) electrons. The van der Waals surface area contributed by atoms with Crippen LogP contribution in [-0.2, 0) is 11.2 Å². The molecule has 0 fully saturated rings. The zero-order valence-corrected chi connectivity index (χ0v) is 13.5. The largest absolute Gasteiger partial charge is 0.423 e. The topological polar surface area (TPSA) is 26.3 Å². The second-order valence-electron chi connectivity index (χ2n) is 5.55. The number of ether oxygens (including phenoxy) is 1. The summed E-state index contributed by atoms with van der Waals surface area (Å²) >= 11 is 0. The minimum atomic E-state index is -0.388. The zero-order valence-electron chi connectivity index (χ0n) is 13.5. The summed E-state index contributed by atoms with van der Waals surface area (Å²) in [5.74, 6) is 0.298. The molecule has 0 saturated carbocycles. The predicted octanol–water partition coefficient (Wildman–Crippen LogP) is 5.38. The Bertz CT molecular complexity index is 449. The number of carbonyl (C=O) groups is 1. The molecule has 0 amide bonds. The second kappa shape index (κ2) is 10.2. The summed E-state index contributed by atoms with van der Waals surface area (Å²) in [5.41, 5.74) is 2.34. The van der Waals surface area contributed by atoms with Gasteiger partial charge in [-0.05, 0) is 37.0 Å². The number of esters is 1. The molecule has 0 unspecified atom stereocenters. The summed E-state index contributed by atoms with van der Waals surface area (Å²) in [6.45, 7) is 7.76. The van der Waals surface area contributed by atoms with E-state index in [1.54, 1.807) is 0 Å². The quantitative estimate of drug-likeness (QED) is 0.250. The highest BCUT2D eigenvalue weighted by Crippen LogP contribution is 2.24. The van der Waals surface area contributed by atoms with Gasteiger partial charge in [-0.25, -0.2) is 4.79 Å². The van der Waals surface area contributed by atoms with Gasteiger partial charge in [0.15, 0.2) is 0 Å². The van der Waals surface area contributed by atoms with Crippen molar-refractivity contribution in [3.05, 3.63) is 42.0 Å². The Morgan fingerprint density at radius 2 is 1.81 bits per heavy atom. The number of hydrogen-bond acceptors (Lipinski definition) is 2. The molecule has 0 bridgehead atoms. The molecule has 0 atom stereocenters. The molecular formula is C19H28O2. The van der Waals surface area contributed by atoms with Gasteiger partial charge in [-0.2, -0.15) is 0 Å². The van der Waals surface area contributed by atoms with E-state index >= 15 is 0 Å². The zero-order chi connectivity index (χ0) is 15.5. The minimum absolute atomic E-state index is 0.388. The first-order valence-electron chi connectivity index (χ1n) is 8.11. The van der Waals surface area contributed by atoms with E-state index in [0.29, 0.717) is 5.75 Å². The third-order valence-electron chi connectivity index (χ3n) is 3.77. The molecule has 0 spiro atoms. The van der Waals surface area contributed by atoms with Crippen molar-refractivity contribution in [2.24, 2.45) is 0 Å². The molecule has 21 heavy (non-hydrogen) atoms. The first-order chi connectivity index (χ1) is 10.2. The molecule has 1 rings (SSSR count). The monoisotopic (exact) mass is 288 g/mol. The van der Waals surface area contributed by atoms with Crippen LogP contribution in [0.3, 0.4) is 0 Å². The van der Waals surface area contributed by atoms with Gasteiger partial charge in [0.25, 0.3) is 0 Å². The highest BCUT2D eigenvalue weighted by Gasteiger charge is 2.09. The van der Waals surface area contributed by atoms with E-state index in [2.05, 4.69) is 26.5 Å². The standard InChI is InChI=1S/C19H28O2/c1-4-6-7-8-9-10-11-14-17-16(3)13-12-15-18(17)21-19(20)5-2/h5,12-13,15H,2,4,6-11,14H2,1,3H3. The lowest BCUT2D eigenvalue weighted by atomic mass is 10.00. The van der Waals surface area contributed by atoms with E-state index in [4.69, 9.17) is 4.74 Å². The third-order valence-corrected chi connectivity index (χ3v) is 3.77. The van der Waals surface area contributed by atoms with E-state index in [1.165, 1.54) is 50.2 Å². The molecule has 2 heteroatoms. The lowest BCUT2D eigenvalue weighted by molar-refractivity contribution is -0.129. The number of aryl methyl sites for hydroxylation is 1. The fourth-order valence-electron chi connectivity index (χ4n) is 2.50. The molecule has 0 saturated heterocycles. The lowest BCUT2D eigenvalue weighted by Gasteiger charge is -2.12. The number of hydrogen-bond donors (Lipinski definition) is 0. The highest BCUT2D eigenvalue weighted by molar-refractivity contribution is 5.83. The van der Waals surface area contributed by atoms with Crippen LogP contribution in [0.1, 0.15) is 63.0 Å². The van der Waals surface area contributed by atoms with E-state index in [1.807, 2.05) is 12.1 Å². The van der Waals surface area contributed by atoms with Crippen LogP contribution >= 0.6 is 0 Å². The second-order valence-corrected chi connectivity index (χ2v) is 5.55. The van der Waals surface area contributed by atoms with Gasteiger partial charge in [0.05, 0.1) is 0 Å². The molecule has 0 aliphatic rings. The number of unbranched alkanes of at least 4 members (excludes halogenated alkanes) is 6. The Hall–Kier alpha value is -1.57. The summed E-state index contributed by atoms with van der Waals surface area (Å²) in [6, 6.07) is 5.86. The Kier molecular flexibility index (Phi) is 8.49. The summed E-state index contributed by atoms with van der Waals surface area (Å²) in [4.78, 5) is 11.4. The van der Waals surface area contributed by atoms with E-state index in [-0.39, 0.29) is 5.97 Å². The van der Waals surface area contributed by atoms with Gasteiger partial charge in [0.2, 0.25) is 0 Å². The van der Waals surface area contributed by atoms with Gasteiger partial charge in [-0.1, -0.05) is 64.2 Å². The molecule has 1 aromatic rings. The smallest absolute Gasteiger partial charge is 0.335 e. The fourth-order valence-corrected chi connectivity index (χ4v) is 2.50. The molecule has 2 nitrogen and oxygen atoms in total. The normalized spacial score (nSPS) is 10.4. The van der Waals surface area contributed by atoms with Gasteiger partial charge in [0, 0.05) is 6.08 Å². The van der Waals surface area contributed by atoms with Crippen molar-refractivity contribution in [2.75, 3.05) is 0 Å². The van der Waals surface area contributed by atoms with Crippen LogP contribution in [0.2, 0.25) is 0 Å². The van der Waals surface area contributed by atoms with Crippen molar-refractivity contribution in [2.45, 2.75) is 65.2 Å². The predicted molar refractivity (Wildman–Crippen MR) is 88.7 cm³/mol. The van der Waals surface area contributed by atoms with Crippen LogP contribution in [-0.4, -0.2) is 5.97 Å². The van der Waals surface area contributed by atoms with Gasteiger partial charge in [-0.15, -0.1) is 0 Å². The van der Waals surface area contributed by atoms with Crippen LogP contribution in [0.15, 0.2) is 30.9 Å². The summed E-state index contributed by atoms with van der Waals surface area (Å²) < 4.78 is 5.33. The van der Waals surface area contributed by atoms with Crippen molar-refractivity contribution in [1.82, 2.24) is 0 Å². The molecule has 0 aliphatic carbocycles. The van der Waals surface area contributed by atoms with Gasteiger partial charge >= 0.3 is 5.97 Å². The highest BCUT2D eigenvalue weighted by atomic mass is 16.5. The maximum Gasteiger partial charge on any atom is 0.335 e. The van der Waals surface area contributed by atoms with Crippen molar-refractivity contribution in [3.63, 3.8) is 0 Å². The first-order valence-corrected chi connectivity index (χ1v) is 8.11. The van der Waals surface area contributed by atoms with Crippen molar-refractivity contribution in [3.8, 4) is 5.75 Å². The maximum atomic E-state index is 11.4. The van der Waals surface area contributed by atoms with Gasteiger partial charge < -0.3 is 4.74 Å². The summed E-state index contributed by atoms with van der Waals surface area (Å²) in [7, 11) is 0. The molecule has 0 N–H and O–H groups in total. The fraction of sp³-hybridized carbons (Fsp3) is 0.526. The Labute approximate surface area is 129 Å². The molecular weight excluding hydrogens is 260 g/mol. The average Bonchev–Trinajstić information content (AvgIpc) is 2.48. The Balaban J connectivity index is 2.46. The van der Waals surface area contributed by atoms with E-state index in [9.17, 15) is 4.79 Å². The molecule has 1 aromatic carbocycles. The molecule has 116 valence electrons. The average molecular weight is 288 g/mol. The maximum absolute atomic E-state index is 11.4. The number of benzene rings is 1. The van der Waals surface area contributed by atoms with Crippen molar-refractivity contribution >= 4 is 5.97 Å². The van der Waals surface area contributed by atoms with Crippen LogP contribution in [0, 0.1) is 6.92 Å². The Morgan fingerprint density at radius 1 is 1.14 bits per heavy atom. The van der Waals surface area contributed by atoms with Gasteiger partial charge in [0.1, 0.15) is 5.75 Å². The van der Waals surface area contributed by atoms with Crippen molar-refractivity contribution < 1.29 is 9.53 Å². The third kappa shape index (κ3) is 6.61. The van der Waals surface area contributed by atoms with E-state index < -0.39 is 0 Å². The Morgan fingerprint density at radius 3 is 2.48 bits per heavy atom.